The molecule has 1 fully saturated rings. The molecule has 24 heavy (non-hydrogen) atoms. The number of nitrogens with one attached hydrogen (secondary N) is 2. The monoisotopic (exact) mass is 466 g/mol. The van der Waals surface area contributed by atoms with Gasteiger partial charge in [-0.2, -0.15) is 0 Å². The van der Waals surface area contributed by atoms with Crippen molar-refractivity contribution in [1.82, 2.24) is 10.6 Å². The molecular weight excluding hydrogens is 439 g/mol. The number of nitrogens with zero attached hydrogens (tertiary/aromatic N) is 1. The van der Waals surface area contributed by atoms with Gasteiger partial charge in [-0.25, -0.2) is 13.6 Å². The number of primary sulfonamides is 1. The van der Waals surface area contributed by atoms with E-state index in [1.54, 1.807) is 0 Å². The molecule has 1 aromatic rings. The van der Waals surface area contributed by atoms with Gasteiger partial charge < -0.3 is 10.6 Å². The van der Waals surface area contributed by atoms with Gasteiger partial charge in [0.1, 0.15) is 0 Å². The van der Waals surface area contributed by atoms with Crippen LogP contribution in [0.5, 0.6) is 0 Å². The maximum absolute atomic E-state index is 11.0. The molecule has 0 heterocycles. The van der Waals surface area contributed by atoms with Crippen molar-refractivity contribution in [3.63, 3.8) is 0 Å². The Morgan fingerprint density at radius 2 is 1.92 bits per heavy atom. The van der Waals surface area contributed by atoms with E-state index in [0.29, 0.717) is 12.5 Å². The topological polar surface area (TPSA) is 96.6 Å². The summed E-state index contributed by atoms with van der Waals surface area (Å²) < 4.78 is 22.0. The maximum atomic E-state index is 11.0. The van der Waals surface area contributed by atoms with Gasteiger partial charge in [-0.3, -0.25) is 4.99 Å². The number of hydrogen-bond acceptors (Lipinski definition) is 3. The van der Waals surface area contributed by atoms with E-state index in [0.717, 1.165) is 19.4 Å². The van der Waals surface area contributed by atoms with Crippen LogP contribution in [0.3, 0.4) is 0 Å². The molecule has 2 rings (SSSR count). The van der Waals surface area contributed by atoms with Gasteiger partial charge >= 0.3 is 0 Å². The van der Waals surface area contributed by atoms with E-state index in [4.69, 9.17) is 5.14 Å². The Labute approximate surface area is 161 Å². The van der Waals surface area contributed by atoms with Gasteiger partial charge in [0, 0.05) is 18.5 Å². The fourth-order valence-electron chi connectivity index (χ4n) is 2.82. The minimum atomic E-state index is -3.46. The molecule has 0 radical (unpaired) electrons. The highest BCUT2D eigenvalue weighted by Gasteiger charge is 2.38. The van der Waals surface area contributed by atoms with Crippen LogP contribution in [0.4, 0.5) is 0 Å². The minimum absolute atomic E-state index is 0. The molecule has 6 nitrogen and oxygen atoms in total. The summed E-state index contributed by atoms with van der Waals surface area (Å²) in [4.78, 5) is 4.66. The highest BCUT2D eigenvalue weighted by atomic mass is 127. The second-order valence-electron chi connectivity index (χ2n) is 5.99. The van der Waals surface area contributed by atoms with Crippen LogP contribution in [-0.2, 0) is 15.4 Å². The van der Waals surface area contributed by atoms with E-state index in [1.807, 2.05) is 13.0 Å². The third kappa shape index (κ3) is 6.21. The van der Waals surface area contributed by atoms with Crippen molar-refractivity contribution in [2.75, 3.05) is 25.4 Å². The third-order valence-electron chi connectivity index (χ3n) is 4.26. The largest absolute Gasteiger partial charge is 0.357 e. The van der Waals surface area contributed by atoms with Crippen LogP contribution in [-0.4, -0.2) is 39.8 Å². The van der Waals surface area contributed by atoms with Gasteiger partial charge in [-0.15, -0.1) is 24.0 Å². The summed E-state index contributed by atoms with van der Waals surface area (Å²) in [6, 6.07) is 10.5. The van der Waals surface area contributed by atoms with E-state index in [2.05, 4.69) is 39.9 Å². The van der Waals surface area contributed by atoms with Gasteiger partial charge in [0.15, 0.2) is 5.96 Å². The smallest absolute Gasteiger partial charge is 0.210 e. The van der Waals surface area contributed by atoms with Crippen LogP contribution in [0, 0.1) is 0 Å². The highest BCUT2D eigenvalue weighted by Crippen LogP contribution is 2.43. The Hall–Kier alpha value is -0.870. The van der Waals surface area contributed by atoms with Gasteiger partial charge in [0.05, 0.1) is 12.3 Å². The van der Waals surface area contributed by atoms with Crippen LogP contribution in [0.15, 0.2) is 35.3 Å². The SMILES string of the molecule is CCNC(=NCC1(c2ccccc2)CCC1)NCCS(N)(=O)=O.I. The number of aliphatic imine (C=N–C) groups is 1. The average Bonchev–Trinajstić information content (AvgIpc) is 2.46. The Morgan fingerprint density at radius 1 is 1.25 bits per heavy atom. The molecule has 0 unspecified atom stereocenters. The molecule has 4 N–H and O–H groups in total. The zero-order chi connectivity index (χ0) is 16.8. The van der Waals surface area contributed by atoms with Crippen molar-refractivity contribution in [3.05, 3.63) is 35.9 Å². The molecule has 1 aliphatic carbocycles. The average molecular weight is 466 g/mol. The number of hydrogen-bond donors (Lipinski definition) is 3. The maximum Gasteiger partial charge on any atom is 0.210 e. The van der Waals surface area contributed by atoms with Crippen molar-refractivity contribution in [1.29, 1.82) is 0 Å². The summed E-state index contributed by atoms with van der Waals surface area (Å²) in [6.45, 7) is 3.65. The first-order valence-electron chi connectivity index (χ1n) is 8.03. The molecule has 0 amide bonds. The van der Waals surface area contributed by atoms with Crippen LogP contribution >= 0.6 is 24.0 Å². The number of halogens is 1. The molecule has 0 aliphatic heterocycles. The second-order valence-corrected chi connectivity index (χ2v) is 7.72. The van der Waals surface area contributed by atoms with Crippen molar-refractivity contribution in [2.24, 2.45) is 10.1 Å². The number of benzene rings is 1. The van der Waals surface area contributed by atoms with Crippen molar-refractivity contribution in [2.45, 2.75) is 31.6 Å². The van der Waals surface area contributed by atoms with E-state index in [1.165, 1.54) is 12.0 Å². The minimum Gasteiger partial charge on any atom is -0.357 e. The van der Waals surface area contributed by atoms with Crippen LogP contribution < -0.4 is 15.8 Å². The predicted molar refractivity (Wildman–Crippen MR) is 109 cm³/mol. The number of sulfonamides is 1. The summed E-state index contributed by atoms with van der Waals surface area (Å²) in [6.07, 6.45) is 3.49. The van der Waals surface area contributed by atoms with Crippen molar-refractivity contribution >= 4 is 40.0 Å². The first-order valence-corrected chi connectivity index (χ1v) is 9.75. The fraction of sp³-hybridized carbons (Fsp3) is 0.562. The van der Waals surface area contributed by atoms with E-state index in [9.17, 15) is 8.42 Å². The van der Waals surface area contributed by atoms with E-state index >= 15 is 0 Å². The second kappa shape index (κ2) is 9.57. The zero-order valence-electron chi connectivity index (χ0n) is 14.0. The van der Waals surface area contributed by atoms with Gasteiger partial charge in [-0.1, -0.05) is 36.8 Å². The van der Waals surface area contributed by atoms with Crippen molar-refractivity contribution < 1.29 is 8.42 Å². The summed E-state index contributed by atoms with van der Waals surface area (Å²) in [5, 5.41) is 11.2. The van der Waals surface area contributed by atoms with Crippen molar-refractivity contribution in [3.8, 4) is 0 Å². The molecule has 0 atom stereocenters. The van der Waals surface area contributed by atoms with Crippen LogP contribution in [0.25, 0.3) is 0 Å². The van der Waals surface area contributed by atoms with Crippen LogP contribution in [0.1, 0.15) is 31.7 Å². The lowest BCUT2D eigenvalue weighted by Gasteiger charge is -2.41. The molecule has 136 valence electrons. The predicted octanol–water partition coefficient (Wildman–Crippen LogP) is 1.57. The summed E-state index contributed by atoms with van der Waals surface area (Å²) >= 11 is 0. The molecule has 0 spiro atoms. The molecule has 8 heteroatoms. The first-order chi connectivity index (χ1) is 11.0. The normalized spacial score (nSPS) is 16.7. The molecule has 0 bridgehead atoms. The summed E-state index contributed by atoms with van der Waals surface area (Å²) in [7, 11) is -3.46. The Balaban J connectivity index is 0.00000288. The standard InChI is InChI=1S/C16H26N4O2S.HI/c1-2-18-15(19-11-12-23(17,21)22)20-13-16(9-6-10-16)14-7-4-3-5-8-14;/h3-5,7-8H,2,6,9-13H2,1H3,(H2,17,21,22)(H2,18,19,20);1H. The summed E-state index contributed by atoms with van der Waals surface area (Å²) in [5.74, 6) is 0.527. The Bertz CT molecular complexity index is 631. The quantitative estimate of drug-likeness (QED) is 0.323. The number of rotatable bonds is 7. The highest BCUT2D eigenvalue weighted by molar-refractivity contribution is 14.0. The number of nitrogens with two attached hydrogens (primary N) is 1. The lowest BCUT2D eigenvalue weighted by molar-refractivity contribution is 0.253. The van der Waals surface area contributed by atoms with E-state index in [-0.39, 0.29) is 41.7 Å². The Kier molecular flexibility index (Phi) is 8.44. The lowest BCUT2D eigenvalue weighted by Crippen LogP contribution is -2.43. The number of guanidine groups is 1. The molecule has 0 saturated heterocycles. The van der Waals surface area contributed by atoms with Gasteiger partial charge in [0.25, 0.3) is 0 Å². The van der Waals surface area contributed by atoms with E-state index < -0.39 is 10.0 Å². The Morgan fingerprint density at radius 3 is 2.42 bits per heavy atom. The summed E-state index contributed by atoms with van der Waals surface area (Å²) in [5.41, 5.74) is 1.44. The van der Waals surface area contributed by atoms with Gasteiger partial charge in [0.2, 0.25) is 10.0 Å². The fourth-order valence-corrected chi connectivity index (χ4v) is 3.20. The third-order valence-corrected chi connectivity index (χ3v) is 5.03. The van der Waals surface area contributed by atoms with Crippen LogP contribution in [0.2, 0.25) is 0 Å². The molecule has 0 aromatic heterocycles. The van der Waals surface area contributed by atoms with Gasteiger partial charge in [-0.05, 0) is 25.3 Å². The first kappa shape index (κ1) is 21.2. The molecule has 1 aliphatic rings. The molecule has 1 saturated carbocycles. The molecular formula is C16H27IN4O2S. The zero-order valence-corrected chi connectivity index (χ0v) is 17.1. The lowest BCUT2D eigenvalue weighted by atomic mass is 9.64. The molecule has 1 aromatic carbocycles.